The fraction of sp³-hybridized carbons (Fsp3) is 0.750. The van der Waals surface area contributed by atoms with Crippen molar-refractivity contribution < 1.29 is 13.3 Å². The van der Waals surface area contributed by atoms with Gasteiger partial charge in [-0.25, -0.2) is 0 Å². The highest BCUT2D eigenvalue weighted by Gasteiger charge is 2.40. The molecule has 1 aromatic rings. The van der Waals surface area contributed by atoms with E-state index in [1.165, 1.54) is 4.88 Å². The van der Waals surface area contributed by atoms with Gasteiger partial charge in [-0.15, -0.1) is 11.3 Å². The summed E-state index contributed by atoms with van der Waals surface area (Å²) in [4.78, 5) is 1.43. The highest BCUT2D eigenvalue weighted by atomic mass is 32.1. The standard InChI is InChI=1S/C16H30O3SSi/c1-4-11-17-21(18-12-5-2,19-13-6-3)15-8-10-16-9-7-14-20-16/h7,9,14H,4-6,8,10-13,15H2,1-3H3. The minimum absolute atomic E-state index is 0.735. The topological polar surface area (TPSA) is 27.7 Å². The molecule has 0 saturated heterocycles. The van der Waals surface area contributed by atoms with Gasteiger partial charge in [0.25, 0.3) is 0 Å². The number of thiophene rings is 1. The Balaban J connectivity index is 2.56. The van der Waals surface area contributed by atoms with E-state index in [4.69, 9.17) is 13.3 Å². The first-order valence-electron chi connectivity index (χ1n) is 8.20. The van der Waals surface area contributed by atoms with Crippen molar-refractivity contribution in [1.82, 2.24) is 0 Å². The maximum absolute atomic E-state index is 6.10. The highest BCUT2D eigenvalue weighted by Crippen LogP contribution is 2.22. The molecule has 21 heavy (non-hydrogen) atoms. The second-order valence-electron chi connectivity index (χ2n) is 5.16. The summed E-state index contributed by atoms with van der Waals surface area (Å²) < 4.78 is 18.3. The van der Waals surface area contributed by atoms with E-state index in [0.717, 1.165) is 58.0 Å². The molecule has 0 saturated carbocycles. The van der Waals surface area contributed by atoms with Gasteiger partial charge >= 0.3 is 8.80 Å². The van der Waals surface area contributed by atoms with Crippen molar-refractivity contribution in [3.05, 3.63) is 22.4 Å². The fourth-order valence-corrected chi connectivity index (χ4v) is 5.64. The molecular formula is C16H30O3SSi. The monoisotopic (exact) mass is 330 g/mol. The molecule has 1 heterocycles. The predicted molar refractivity (Wildman–Crippen MR) is 91.9 cm³/mol. The molecule has 1 aromatic heterocycles. The summed E-state index contributed by atoms with van der Waals surface area (Å²) in [7, 11) is -2.49. The first-order valence-corrected chi connectivity index (χ1v) is 11.0. The molecular weight excluding hydrogens is 300 g/mol. The van der Waals surface area contributed by atoms with Crippen molar-refractivity contribution in [2.24, 2.45) is 0 Å². The number of aryl methyl sites for hydroxylation is 1. The molecule has 0 bridgehead atoms. The average molecular weight is 331 g/mol. The van der Waals surface area contributed by atoms with E-state index in [1.807, 2.05) is 11.3 Å². The molecule has 0 aliphatic heterocycles. The van der Waals surface area contributed by atoms with Crippen molar-refractivity contribution in [2.45, 2.75) is 58.9 Å². The fourth-order valence-electron chi connectivity index (χ4n) is 2.05. The van der Waals surface area contributed by atoms with Crippen molar-refractivity contribution in [3.8, 4) is 0 Å². The van der Waals surface area contributed by atoms with Crippen LogP contribution in [-0.2, 0) is 19.7 Å². The second-order valence-corrected chi connectivity index (χ2v) is 8.93. The molecule has 0 unspecified atom stereocenters. The van der Waals surface area contributed by atoms with Gasteiger partial charge in [0.05, 0.1) is 0 Å². The third-order valence-electron chi connectivity index (χ3n) is 3.06. The predicted octanol–water partition coefficient (Wildman–Crippen LogP) is 4.90. The quantitative estimate of drug-likeness (QED) is 0.481. The first kappa shape index (κ1) is 18.8. The Hall–Kier alpha value is -0.203. The lowest BCUT2D eigenvalue weighted by Gasteiger charge is -2.29. The summed E-state index contributed by atoms with van der Waals surface area (Å²) in [5.74, 6) is 0. The molecule has 0 aliphatic carbocycles. The van der Waals surface area contributed by atoms with Crippen molar-refractivity contribution in [3.63, 3.8) is 0 Å². The molecule has 5 heteroatoms. The van der Waals surface area contributed by atoms with Crippen LogP contribution in [0.4, 0.5) is 0 Å². The highest BCUT2D eigenvalue weighted by molar-refractivity contribution is 7.09. The first-order chi connectivity index (χ1) is 10.3. The molecule has 0 N–H and O–H groups in total. The molecule has 0 spiro atoms. The zero-order chi connectivity index (χ0) is 15.4. The zero-order valence-electron chi connectivity index (χ0n) is 13.7. The summed E-state index contributed by atoms with van der Waals surface area (Å²) in [6.07, 6.45) is 5.18. The number of hydrogen-bond acceptors (Lipinski definition) is 4. The van der Waals surface area contributed by atoms with Crippen molar-refractivity contribution in [2.75, 3.05) is 19.8 Å². The van der Waals surface area contributed by atoms with Crippen LogP contribution in [-0.4, -0.2) is 28.6 Å². The molecule has 3 nitrogen and oxygen atoms in total. The number of rotatable bonds is 13. The van der Waals surface area contributed by atoms with E-state index in [2.05, 4.69) is 38.3 Å². The lowest BCUT2D eigenvalue weighted by atomic mass is 10.3. The Kier molecular flexibility index (Phi) is 10.2. The van der Waals surface area contributed by atoms with Crippen LogP contribution in [0.1, 0.15) is 51.3 Å². The molecule has 0 amide bonds. The summed E-state index contributed by atoms with van der Waals surface area (Å²) in [5.41, 5.74) is 0. The van der Waals surface area contributed by atoms with Gasteiger partial charge in [0.15, 0.2) is 0 Å². The Morgan fingerprint density at radius 2 is 1.52 bits per heavy atom. The molecule has 0 fully saturated rings. The van der Waals surface area contributed by atoms with Crippen LogP contribution in [0.5, 0.6) is 0 Å². The van der Waals surface area contributed by atoms with Gasteiger partial charge in [-0.05, 0) is 43.6 Å². The third-order valence-corrected chi connectivity index (χ3v) is 6.90. The van der Waals surface area contributed by atoms with Crippen LogP contribution in [0.2, 0.25) is 6.04 Å². The molecule has 0 atom stereocenters. The van der Waals surface area contributed by atoms with E-state index in [-0.39, 0.29) is 0 Å². The van der Waals surface area contributed by atoms with E-state index in [9.17, 15) is 0 Å². The van der Waals surface area contributed by atoms with E-state index in [0.29, 0.717) is 0 Å². The maximum Gasteiger partial charge on any atom is 0.500 e. The van der Waals surface area contributed by atoms with Crippen LogP contribution >= 0.6 is 11.3 Å². The van der Waals surface area contributed by atoms with Crippen LogP contribution in [0.25, 0.3) is 0 Å². The largest absolute Gasteiger partial charge is 0.500 e. The van der Waals surface area contributed by atoms with Crippen LogP contribution in [0, 0.1) is 0 Å². The Morgan fingerprint density at radius 3 is 1.95 bits per heavy atom. The Labute approximate surface area is 135 Å². The SMILES string of the molecule is CCCO[Si](CCCc1cccs1)(OCCC)OCCC. The van der Waals surface area contributed by atoms with Crippen molar-refractivity contribution >= 4 is 20.1 Å². The lowest BCUT2D eigenvalue weighted by Crippen LogP contribution is -2.46. The minimum atomic E-state index is -2.49. The summed E-state index contributed by atoms with van der Waals surface area (Å²) in [6.45, 7) is 8.59. The minimum Gasteiger partial charge on any atom is -0.373 e. The molecule has 0 radical (unpaired) electrons. The van der Waals surface area contributed by atoms with Gasteiger partial charge < -0.3 is 13.3 Å². The number of hydrogen-bond donors (Lipinski definition) is 0. The smallest absolute Gasteiger partial charge is 0.373 e. The van der Waals surface area contributed by atoms with Crippen LogP contribution < -0.4 is 0 Å². The van der Waals surface area contributed by atoms with E-state index >= 15 is 0 Å². The Bertz CT molecular complexity index is 322. The lowest BCUT2D eigenvalue weighted by molar-refractivity contribution is 0.0588. The molecule has 0 aromatic carbocycles. The summed E-state index contributed by atoms with van der Waals surface area (Å²) in [6, 6.07) is 5.23. The summed E-state index contributed by atoms with van der Waals surface area (Å²) >= 11 is 1.82. The van der Waals surface area contributed by atoms with Gasteiger partial charge in [0, 0.05) is 30.7 Å². The van der Waals surface area contributed by atoms with Crippen LogP contribution in [0.15, 0.2) is 17.5 Å². The van der Waals surface area contributed by atoms with Gasteiger partial charge in [-0.2, -0.15) is 0 Å². The maximum atomic E-state index is 6.10. The van der Waals surface area contributed by atoms with Gasteiger partial charge in [-0.1, -0.05) is 26.8 Å². The average Bonchev–Trinajstić information content (AvgIpc) is 3.01. The van der Waals surface area contributed by atoms with Gasteiger partial charge in [0.2, 0.25) is 0 Å². The molecule has 0 aliphatic rings. The summed E-state index contributed by atoms with van der Waals surface area (Å²) in [5, 5.41) is 2.13. The molecule has 1 rings (SSSR count). The Morgan fingerprint density at radius 1 is 0.952 bits per heavy atom. The third kappa shape index (κ3) is 7.56. The zero-order valence-corrected chi connectivity index (χ0v) is 15.5. The molecule has 122 valence electrons. The van der Waals surface area contributed by atoms with E-state index in [1.54, 1.807) is 0 Å². The second kappa shape index (κ2) is 11.4. The normalized spacial score (nSPS) is 12.0. The van der Waals surface area contributed by atoms with E-state index < -0.39 is 8.80 Å². The van der Waals surface area contributed by atoms with Gasteiger partial charge in [0.1, 0.15) is 0 Å². The van der Waals surface area contributed by atoms with Crippen molar-refractivity contribution in [1.29, 1.82) is 0 Å². The van der Waals surface area contributed by atoms with Crippen LogP contribution in [0.3, 0.4) is 0 Å². The van der Waals surface area contributed by atoms with Gasteiger partial charge in [-0.3, -0.25) is 0 Å².